The predicted octanol–water partition coefficient (Wildman–Crippen LogP) is 1.94. The zero-order valence-corrected chi connectivity index (χ0v) is 16.2. The minimum Gasteiger partial charge on any atom is -0.355 e. The third-order valence-electron chi connectivity index (χ3n) is 5.28. The molecule has 0 bridgehead atoms. The summed E-state index contributed by atoms with van der Waals surface area (Å²) in [7, 11) is 0. The van der Waals surface area contributed by atoms with Crippen LogP contribution in [0.15, 0.2) is 47.5 Å². The van der Waals surface area contributed by atoms with Gasteiger partial charge in [0, 0.05) is 24.6 Å². The number of piperidine rings is 1. The van der Waals surface area contributed by atoms with Crippen LogP contribution < -0.4 is 10.2 Å². The lowest BCUT2D eigenvalue weighted by atomic mass is 9.96. The number of anilines is 1. The van der Waals surface area contributed by atoms with Gasteiger partial charge in [0.05, 0.1) is 12.9 Å². The molecule has 0 spiro atoms. The Labute approximate surface area is 171 Å². The molecule has 4 heterocycles. The van der Waals surface area contributed by atoms with E-state index in [2.05, 4.69) is 40.3 Å². The Morgan fingerprint density at radius 3 is 2.83 bits per heavy atom. The fourth-order valence-corrected chi connectivity index (χ4v) is 3.68. The summed E-state index contributed by atoms with van der Waals surface area (Å²) in [4.78, 5) is 34.9. The Balaban J connectivity index is 1.16. The number of fused-ring (bicyclic) bond motifs is 1. The maximum absolute atomic E-state index is 12.6. The van der Waals surface area contributed by atoms with E-state index in [0.29, 0.717) is 17.4 Å². The molecule has 5 rings (SSSR count). The van der Waals surface area contributed by atoms with Gasteiger partial charge in [0.25, 0.3) is 0 Å². The number of amides is 1. The van der Waals surface area contributed by atoms with Crippen LogP contribution in [0.1, 0.15) is 18.7 Å². The van der Waals surface area contributed by atoms with Gasteiger partial charge in [-0.3, -0.25) is 4.79 Å². The van der Waals surface area contributed by atoms with Crippen molar-refractivity contribution in [2.45, 2.75) is 19.4 Å². The second-order valence-electron chi connectivity index (χ2n) is 7.16. The largest absolute Gasteiger partial charge is 0.355 e. The van der Waals surface area contributed by atoms with E-state index >= 15 is 0 Å². The molecule has 10 nitrogen and oxygen atoms in total. The Hall–Kier alpha value is -3.82. The third kappa shape index (κ3) is 3.59. The SMILES string of the molecule is O=C(NCc1nc(-c2ccccc2)no1)C1CCN(c2ncnc3nc[nH]c23)CC1. The van der Waals surface area contributed by atoms with Gasteiger partial charge in [-0.15, -0.1) is 0 Å². The Morgan fingerprint density at radius 2 is 2.00 bits per heavy atom. The summed E-state index contributed by atoms with van der Waals surface area (Å²) in [5.74, 6) is 1.68. The number of carbonyl (C=O) groups excluding carboxylic acids is 1. The summed E-state index contributed by atoms with van der Waals surface area (Å²) >= 11 is 0. The van der Waals surface area contributed by atoms with Crippen LogP contribution in [-0.4, -0.2) is 49.1 Å². The molecule has 1 amide bonds. The minimum absolute atomic E-state index is 0.00323. The van der Waals surface area contributed by atoms with Crippen LogP contribution in [-0.2, 0) is 11.3 Å². The topological polar surface area (TPSA) is 126 Å². The van der Waals surface area contributed by atoms with Crippen molar-refractivity contribution in [1.82, 2.24) is 35.4 Å². The summed E-state index contributed by atoms with van der Waals surface area (Å²) in [6.45, 7) is 1.70. The van der Waals surface area contributed by atoms with Gasteiger partial charge < -0.3 is 19.7 Å². The Morgan fingerprint density at radius 1 is 1.17 bits per heavy atom. The summed E-state index contributed by atoms with van der Waals surface area (Å²) in [5, 5.41) is 6.89. The fourth-order valence-electron chi connectivity index (χ4n) is 3.68. The predicted molar refractivity (Wildman–Crippen MR) is 108 cm³/mol. The molecule has 1 aliphatic heterocycles. The average Bonchev–Trinajstić information content (AvgIpc) is 3.48. The number of aromatic amines is 1. The molecule has 152 valence electrons. The number of H-pyrrole nitrogens is 1. The number of nitrogens with zero attached hydrogens (tertiary/aromatic N) is 6. The number of aromatic nitrogens is 6. The summed E-state index contributed by atoms with van der Waals surface area (Å²) in [6.07, 6.45) is 4.62. The van der Waals surface area contributed by atoms with Gasteiger partial charge in [-0.1, -0.05) is 35.5 Å². The first-order valence-corrected chi connectivity index (χ1v) is 9.82. The molecule has 0 saturated carbocycles. The second-order valence-corrected chi connectivity index (χ2v) is 7.16. The molecule has 30 heavy (non-hydrogen) atoms. The molecule has 0 aliphatic carbocycles. The second kappa shape index (κ2) is 7.90. The maximum atomic E-state index is 12.6. The van der Waals surface area contributed by atoms with Crippen LogP contribution in [0, 0.1) is 5.92 Å². The van der Waals surface area contributed by atoms with Crippen molar-refractivity contribution in [3.63, 3.8) is 0 Å². The highest BCUT2D eigenvalue weighted by Gasteiger charge is 2.27. The molecule has 0 atom stereocenters. The van der Waals surface area contributed by atoms with Crippen LogP contribution >= 0.6 is 0 Å². The normalized spacial score (nSPS) is 14.9. The molecule has 1 aliphatic rings. The van der Waals surface area contributed by atoms with E-state index in [1.54, 1.807) is 6.33 Å². The maximum Gasteiger partial charge on any atom is 0.246 e. The van der Waals surface area contributed by atoms with Gasteiger partial charge in [0.2, 0.25) is 17.6 Å². The quantitative estimate of drug-likeness (QED) is 0.517. The number of hydrogen-bond donors (Lipinski definition) is 2. The van der Waals surface area contributed by atoms with E-state index in [1.165, 1.54) is 6.33 Å². The third-order valence-corrected chi connectivity index (χ3v) is 5.28. The molecule has 2 N–H and O–H groups in total. The first kappa shape index (κ1) is 18.2. The van der Waals surface area contributed by atoms with Crippen LogP contribution in [0.3, 0.4) is 0 Å². The van der Waals surface area contributed by atoms with Gasteiger partial charge in [0.15, 0.2) is 11.5 Å². The van der Waals surface area contributed by atoms with Crippen LogP contribution in [0.2, 0.25) is 0 Å². The first-order valence-electron chi connectivity index (χ1n) is 9.82. The summed E-state index contributed by atoms with van der Waals surface area (Å²) < 4.78 is 5.26. The number of carbonyl (C=O) groups is 1. The summed E-state index contributed by atoms with van der Waals surface area (Å²) in [6, 6.07) is 9.58. The molecule has 4 aromatic rings. The fraction of sp³-hybridized carbons (Fsp3) is 0.300. The lowest BCUT2D eigenvalue weighted by molar-refractivity contribution is -0.125. The molecular weight excluding hydrogens is 384 g/mol. The van der Waals surface area contributed by atoms with Gasteiger partial charge in [-0.2, -0.15) is 4.98 Å². The molecule has 0 unspecified atom stereocenters. The molecule has 10 heteroatoms. The lowest BCUT2D eigenvalue weighted by Crippen LogP contribution is -2.40. The molecule has 1 saturated heterocycles. The van der Waals surface area contributed by atoms with Crippen LogP contribution in [0.25, 0.3) is 22.6 Å². The van der Waals surface area contributed by atoms with E-state index in [0.717, 1.165) is 42.8 Å². The first-order chi connectivity index (χ1) is 14.8. The standard InChI is InChI=1S/C20H20N8O2/c29-20(21-10-15-26-17(27-30-15)13-4-2-1-3-5-13)14-6-8-28(9-7-14)19-16-18(23-11-22-16)24-12-25-19/h1-5,11-12,14H,6-10H2,(H,21,29)(H,22,23,24,25). The lowest BCUT2D eigenvalue weighted by Gasteiger charge is -2.32. The zero-order chi connectivity index (χ0) is 20.3. The Bertz CT molecular complexity index is 1150. The minimum atomic E-state index is -0.0585. The van der Waals surface area contributed by atoms with Crippen molar-refractivity contribution < 1.29 is 9.32 Å². The van der Waals surface area contributed by atoms with Gasteiger partial charge in [0.1, 0.15) is 11.8 Å². The summed E-state index contributed by atoms with van der Waals surface area (Å²) in [5.41, 5.74) is 2.35. The number of imidazole rings is 1. The highest BCUT2D eigenvalue weighted by Crippen LogP contribution is 2.25. The average molecular weight is 404 g/mol. The van der Waals surface area contributed by atoms with Crippen molar-refractivity contribution in [2.75, 3.05) is 18.0 Å². The van der Waals surface area contributed by atoms with E-state index < -0.39 is 0 Å². The Kier molecular flexibility index (Phi) is 4.80. The highest BCUT2D eigenvalue weighted by atomic mass is 16.5. The number of rotatable bonds is 5. The number of nitrogens with one attached hydrogen (secondary N) is 2. The smallest absolute Gasteiger partial charge is 0.246 e. The van der Waals surface area contributed by atoms with Crippen LogP contribution in [0.5, 0.6) is 0 Å². The van der Waals surface area contributed by atoms with E-state index in [9.17, 15) is 4.79 Å². The molecule has 0 radical (unpaired) electrons. The monoisotopic (exact) mass is 404 g/mol. The molecule has 1 aromatic carbocycles. The van der Waals surface area contributed by atoms with Crippen molar-refractivity contribution in [3.05, 3.63) is 48.9 Å². The van der Waals surface area contributed by atoms with Crippen molar-refractivity contribution in [2.24, 2.45) is 5.92 Å². The number of benzene rings is 1. The van der Waals surface area contributed by atoms with Gasteiger partial charge in [-0.25, -0.2) is 15.0 Å². The molecule has 1 fully saturated rings. The van der Waals surface area contributed by atoms with Crippen molar-refractivity contribution >= 4 is 22.9 Å². The van der Waals surface area contributed by atoms with Crippen molar-refractivity contribution in [1.29, 1.82) is 0 Å². The van der Waals surface area contributed by atoms with E-state index in [-0.39, 0.29) is 18.4 Å². The van der Waals surface area contributed by atoms with Gasteiger partial charge in [-0.05, 0) is 12.8 Å². The van der Waals surface area contributed by atoms with E-state index in [1.807, 2.05) is 30.3 Å². The van der Waals surface area contributed by atoms with E-state index in [4.69, 9.17) is 4.52 Å². The zero-order valence-electron chi connectivity index (χ0n) is 16.2. The highest BCUT2D eigenvalue weighted by molar-refractivity contribution is 5.83. The van der Waals surface area contributed by atoms with Gasteiger partial charge >= 0.3 is 0 Å². The molecule has 3 aromatic heterocycles. The van der Waals surface area contributed by atoms with Crippen LogP contribution in [0.4, 0.5) is 5.82 Å². The molecular formula is C20H20N8O2. The van der Waals surface area contributed by atoms with Crippen molar-refractivity contribution in [3.8, 4) is 11.4 Å². The number of hydrogen-bond acceptors (Lipinski definition) is 8.